The smallest absolute Gasteiger partial charge is 0.331 e. The molecule has 0 saturated heterocycles. The van der Waals surface area contributed by atoms with E-state index in [2.05, 4.69) is 13.8 Å². The zero-order chi connectivity index (χ0) is 27.3. The van der Waals surface area contributed by atoms with Gasteiger partial charge in [0.2, 0.25) is 0 Å². The first-order valence-corrected chi connectivity index (χ1v) is 18.7. The lowest BCUT2D eigenvalue weighted by atomic mass is 10.1. The Morgan fingerprint density at radius 1 is 0.541 bits per heavy atom. The van der Waals surface area contributed by atoms with Gasteiger partial charge in [-0.1, -0.05) is 155 Å². The molecule has 0 atom stereocenters. The molecular formula is C31H61FO2S3. The van der Waals surface area contributed by atoms with Crippen LogP contribution in [0.15, 0.2) is 0 Å². The summed E-state index contributed by atoms with van der Waals surface area (Å²) in [5, 5.41) is 9.92. The third kappa shape index (κ3) is 24.0. The van der Waals surface area contributed by atoms with Crippen LogP contribution in [0.1, 0.15) is 168 Å². The number of unbranched alkanes of at least 4 members (excludes halogenated alkanes) is 22. The average Bonchev–Trinajstić information content (AvgIpc) is 2.89. The Kier molecular flexibility index (Phi) is 29.8. The van der Waals surface area contributed by atoms with Crippen molar-refractivity contribution in [3.05, 3.63) is 0 Å². The summed E-state index contributed by atoms with van der Waals surface area (Å²) in [7, 11) is 0. The van der Waals surface area contributed by atoms with Gasteiger partial charge in [0.05, 0.1) is 5.75 Å². The van der Waals surface area contributed by atoms with Crippen molar-refractivity contribution in [1.82, 2.24) is 0 Å². The molecule has 0 aliphatic rings. The molecule has 0 aromatic carbocycles. The van der Waals surface area contributed by atoms with Crippen molar-refractivity contribution >= 4 is 41.6 Å². The zero-order valence-electron chi connectivity index (χ0n) is 24.6. The largest absolute Gasteiger partial charge is 0.480 e. The maximum absolute atomic E-state index is 13.2. The van der Waals surface area contributed by atoms with E-state index in [4.69, 9.17) is 0 Å². The van der Waals surface area contributed by atoms with Gasteiger partial charge in [0.15, 0.2) is 4.08 Å². The Hall–Kier alpha value is 0.450. The van der Waals surface area contributed by atoms with E-state index in [9.17, 15) is 13.8 Å². The molecule has 2 nitrogen and oxygen atoms in total. The minimum absolute atomic E-state index is 0.0359. The van der Waals surface area contributed by atoms with Crippen molar-refractivity contribution in [3.8, 4) is 0 Å². The van der Waals surface area contributed by atoms with E-state index in [-0.39, 0.29) is 17.9 Å². The van der Waals surface area contributed by atoms with Crippen molar-refractivity contribution in [2.45, 2.75) is 172 Å². The number of hydrogen-bond acceptors (Lipinski definition) is 4. The van der Waals surface area contributed by atoms with E-state index in [1.807, 2.05) is 0 Å². The van der Waals surface area contributed by atoms with Crippen LogP contribution in [0.5, 0.6) is 0 Å². The number of halogens is 1. The van der Waals surface area contributed by atoms with Gasteiger partial charge in [-0.15, -0.1) is 23.5 Å². The second kappa shape index (κ2) is 29.4. The highest BCUT2D eigenvalue weighted by Gasteiger charge is 2.39. The summed E-state index contributed by atoms with van der Waals surface area (Å²) in [4.78, 5) is 12.1. The topological polar surface area (TPSA) is 37.3 Å². The highest BCUT2D eigenvalue weighted by molar-refractivity contribution is 8.20. The highest BCUT2D eigenvalue weighted by atomic mass is 32.2. The molecule has 0 radical (unpaired) electrons. The predicted molar refractivity (Wildman–Crippen MR) is 171 cm³/mol. The van der Waals surface area contributed by atoms with Gasteiger partial charge >= 0.3 is 5.97 Å². The van der Waals surface area contributed by atoms with E-state index in [0.717, 1.165) is 37.2 Å². The van der Waals surface area contributed by atoms with Crippen LogP contribution in [0.3, 0.4) is 0 Å². The summed E-state index contributed by atoms with van der Waals surface area (Å²) < 4.78 is 12.2. The van der Waals surface area contributed by atoms with Gasteiger partial charge in [-0.2, -0.15) is 3.89 Å². The van der Waals surface area contributed by atoms with Crippen LogP contribution in [-0.4, -0.2) is 32.4 Å². The molecule has 0 unspecified atom stereocenters. The average molecular weight is 581 g/mol. The molecule has 0 fully saturated rings. The zero-order valence-corrected chi connectivity index (χ0v) is 27.0. The van der Waals surface area contributed by atoms with E-state index in [1.165, 1.54) is 152 Å². The molecule has 0 aliphatic heterocycles. The SMILES string of the molecule is CCCCCCCCCCCCCCSC(CSF)(SCCCCCCCCCCCCCC)C(=O)O. The molecule has 222 valence electrons. The van der Waals surface area contributed by atoms with Gasteiger partial charge in [0.1, 0.15) is 0 Å². The van der Waals surface area contributed by atoms with E-state index < -0.39 is 10.0 Å². The molecular weight excluding hydrogens is 520 g/mol. The summed E-state index contributed by atoms with van der Waals surface area (Å²) in [6.45, 7) is 4.53. The summed E-state index contributed by atoms with van der Waals surface area (Å²) >= 11 is 3.12. The molecule has 0 bridgehead atoms. The van der Waals surface area contributed by atoms with Crippen molar-refractivity contribution in [1.29, 1.82) is 0 Å². The van der Waals surface area contributed by atoms with Crippen molar-refractivity contribution in [2.75, 3.05) is 17.3 Å². The van der Waals surface area contributed by atoms with E-state index >= 15 is 0 Å². The Bertz CT molecular complexity index is 449. The number of carboxylic acids is 1. The van der Waals surface area contributed by atoms with Gasteiger partial charge in [0.25, 0.3) is 0 Å². The molecule has 0 rings (SSSR count). The van der Waals surface area contributed by atoms with E-state index in [0.29, 0.717) is 0 Å². The fourth-order valence-corrected chi connectivity index (χ4v) is 8.38. The lowest BCUT2D eigenvalue weighted by molar-refractivity contribution is -0.136. The first-order valence-electron chi connectivity index (χ1n) is 15.9. The van der Waals surface area contributed by atoms with Crippen LogP contribution < -0.4 is 0 Å². The fraction of sp³-hybridized carbons (Fsp3) is 0.968. The number of hydrogen-bond donors (Lipinski definition) is 1. The van der Waals surface area contributed by atoms with Gasteiger partial charge in [-0.05, 0) is 24.3 Å². The molecule has 0 aromatic heterocycles. The van der Waals surface area contributed by atoms with Gasteiger partial charge in [-0.25, -0.2) is 4.79 Å². The number of carboxylic acid groups (broad SMARTS) is 1. The van der Waals surface area contributed by atoms with Gasteiger partial charge < -0.3 is 5.11 Å². The van der Waals surface area contributed by atoms with E-state index in [1.54, 1.807) is 0 Å². The minimum atomic E-state index is -1.03. The summed E-state index contributed by atoms with van der Waals surface area (Å²) in [5.41, 5.74) is 0. The summed E-state index contributed by atoms with van der Waals surface area (Å²) in [6, 6.07) is 0. The highest BCUT2D eigenvalue weighted by Crippen LogP contribution is 2.42. The quantitative estimate of drug-likeness (QED) is 0.0652. The normalized spacial score (nSPS) is 11.9. The lowest BCUT2D eigenvalue weighted by Gasteiger charge is -2.26. The third-order valence-corrected chi connectivity index (χ3v) is 11.4. The lowest BCUT2D eigenvalue weighted by Crippen LogP contribution is -2.35. The first-order chi connectivity index (χ1) is 18.1. The molecule has 0 saturated carbocycles. The molecule has 0 aromatic rings. The number of aliphatic carboxylic acids is 1. The maximum Gasteiger partial charge on any atom is 0.331 e. The predicted octanol–water partition coefficient (Wildman–Crippen LogP) is 12.3. The molecule has 1 N–H and O–H groups in total. The van der Waals surface area contributed by atoms with Crippen LogP contribution in [0.4, 0.5) is 3.89 Å². The molecule has 6 heteroatoms. The number of carbonyl (C=O) groups is 1. The van der Waals surface area contributed by atoms with Crippen LogP contribution in [0.2, 0.25) is 0 Å². The molecule has 0 heterocycles. The second-order valence-corrected chi connectivity index (χ2v) is 14.3. The Morgan fingerprint density at radius 2 is 0.811 bits per heavy atom. The van der Waals surface area contributed by atoms with Crippen LogP contribution in [-0.2, 0) is 4.79 Å². The molecule has 0 spiro atoms. The van der Waals surface area contributed by atoms with Crippen molar-refractivity contribution < 1.29 is 13.8 Å². The second-order valence-electron chi connectivity index (χ2n) is 10.8. The third-order valence-electron chi connectivity index (χ3n) is 7.24. The minimum Gasteiger partial charge on any atom is -0.480 e. The maximum atomic E-state index is 13.2. The summed E-state index contributed by atoms with van der Waals surface area (Å²) in [6.07, 6.45) is 31.3. The Labute approximate surface area is 243 Å². The standard InChI is InChI=1S/C31H61FO2S3/c1-3-5-7-9-11-13-15-17-19-21-23-25-27-35-31(29-37-32,30(33)34)36-28-26-24-22-20-18-16-14-12-10-8-6-4-2/h3-29H2,1-2H3,(H,33,34). The summed E-state index contributed by atoms with van der Waals surface area (Å²) in [5.74, 6) is 0.810. The van der Waals surface area contributed by atoms with Crippen LogP contribution in [0, 0.1) is 0 Å². The van der Waals surface area contributed by atoms with Crippen molar-refractivity contribution in [3.63, 3.8) is 0 Å². The monoisotopic (exact) mass is 580 g/mol. The van der Waals surface area contributed by atoms with Gasteiger partial charge in [-0.3, -0.25) is 0 Å². The van der Waals surface area contributed by atoms with Crippen LogP contribution >= 0.6 is 35.7 Å². The van der Waals surface area contributed by atoms with Crippen molar-refractivity contribution in [2.24, 2.45) is 0 Å². The molecule has 0 aliphatic carbocycles. The Morgan fingerprint density at radius 3 is 1.05 bits per heavy atom. The molecule has 37 heavy (non-hydrogen) atoms. The number of thioether (sulfide) groups is 2. The van der Waals surface area contributed by atoms with Crippen LogP contribution in [0.25, 0.3) is 0 Å². The van der Waals surface area contributed by atoms with Gasteiger partial charge in [0, 0.05) is 12.1 Å². The number of rotatable bonds is 31. The first kappa shape index (κ1) is 37.5. The fourth-order valence-electron chi connectivity index (χ4n) is 4.74. The molecule has 0 amide bonds. The Balaban J connectivity index is 3.84.